The summed E-state index contributed by atoms with van der Waals surface area (Å²) in [6, 6.07) is 8.33. The molecular formula is C10H13NO. The maximum absolute atomic E-state index is 5.98. The lowest BCUT2D eigenvalue weighted by Gasteiger charge is -2.13. The van der Waals surface area contributed by atoms with Gasteiger partial charge in [0.15, 0.2) is 0 Å². The molecule has 0 unspecified atom stereocenters. The van der Waals surface area contributed by atoms with Crippen molar-refractivity contribution >= 4 is 0 Å². The molecule has 0 amide bonds. The summed E-state index contributed by atoms with van der Waals surface area (Å²) in [6.45, 7) is 0. The molecule has 0 aromatic heterocycles. The normalized spacial score (nSPS) is 27.2. The molecule has 0 spiro atoms. The van der Waals surface area contributed by atoms with Crippen LogP contribution in [0.2, 0.25) is 0 Å². The first-order valence-corrected chi connectivity index (χ1v) is 4.19. The number of ether oxygens (including phenoxy) is 1. The van der Waals surface area contributed by atoms with Crippen LogP contribution in [0.4, 0.5) is 0 Å². The van der Waals surface area contributed by atoms with Gasteiger partial charge in [-0.05, 0) is 11.1 Å². The molecular weight excluding hydrogens is 150 g/mol. The highest BCUT2D eigenvalue weighted by Crippen LogP contribution is 2.30. The van der Waals surface area contributed by atoms with Gasteiger partial charge in [-0.15, -0.1) is 0 Å². The Kier molecular flexibility index (Phi) is 1.87. The van der Waals surface area contributed by atoms with Gasteiger partial charge in [-0.25, -0.2) is 0 Å². The van der Waals surface area contributed by atoms with E-state index in [1.165, 1.54) is 11.1 Å². The van der Waals surface area contributed by atoms with Crippen LogP contribution in [-0.2, 0) is 11.2 Å². The van der Waals surface area contributed by atoms with E-state index in [1.807, 2.05) is 12.1 Å². The largest absolute Gasteiger partial charge is 0.379 e. The summed E-state index contributed by atoms with van der Waals surface area (Å²) < 4.78 is 5.28. The molecule has 1 aromatic carbocycles. The average molecular weight is 163 g/mol. The fraction of sp³-hybridized carbons (Fsp3) is 0.400. The van der Waals surface area contributed by atoms with E-state index in [1.54, 1.807) is 7.11 Å². The van der Waals surface area contributed by atoms with Gasteiger partial charge in [-0.3, -0.25) is 0 Å². The average Bonchev–Trinajstić information content (AvgIpc) is 2.44. The van der Waals surface area contributed by atoms with E-state index < -0.39 is 0 Å². The molecule has 0 saturated carbocycles. The number of hydrogen-bond donors (Lipinski definition) is 1. The van der Waals surface area contributed by atoms with E-state index in [2.05, 4.69) is 12.1 Å². The molecule has 64 valence electrons. The van der Waals surface area contributed by atoms with Crippen molar-refractivity contribution in [3.05, 3.63) is 35.4 Å². The van der Waals surface area contributed by atoms with Crippen molar-refractivity contribution in [1.82, 2.24) is 0 Å². The maximum Gasteiger partial charge on any atom is 0.0804 e. The molecule has 2 nitrogen and oxygen atoms in total. The molecule has 2 rings (SSSR count). The third-order valence-corrected chi connectivity index (χ3v) is 2.54. The molecule has 1 aliphatic carbocycles. The minimum Gasteiger partial charge on any atom is -0.379 e. The molecule has 2 atom stereocenters. The molecule has 12 heavy (non-hydrogen) atoms. The Hall–Kier alpha value is -0.860. The number of nitrogens with two attached hydrogens (primary N) is 1. The van der Waals surface area contributed by atoms with Crippen LogP contribution in [0.25, 0.3) is 0 Å². The topological polar surface area (TPSA) is 35.2 Å². The summed E-state index contributed by atoms with van der Waals surface area (Å²) in [5.41, 5.74) is 8.55. The third-order valence-electron chi connectivity index (χ3n) is 2.54. The van der Waals surface area contributed by atoms with Gasteiger partial charge in [-0.1, -0.05) is 24.3 Å². The quantitative estimate of drug-likeness (QED) is 0.676. The zero-order valence-corrected chi connectivity index (χ0v) is 7.16. The van der Waals surface area contributed by atoms with E-state index in [-0.39, 0.29) is 12.1 Å². The van der Waals surface area contributed by atoms with E-state index in [0.29, 0.717) is 0 Å². The predicted octanol–water partition coefficient (Wildman–Crippen LogP) is 1.26. The molecule has 0 fully saturated rings. The van der Waals surface area contributed by atoms with Crippen LogP contribution >= 0.6 is 0 Å². The third kappa shape index (κ3) is 1.04. The molecule has 0 bridgehead atoms. The number of hydrogen-bond acceptors (Lipinski definition) is 2. The van der Waals surface area contributed by atoms with Crippen molar-refractivity contribution < 1.29 is 4.74 Å². The molecule has 2 N–H and O–H groups in total. The lowest BCUT2D eigenvalue weighted by atomic mass is 10.1. The van der Waals surface area contributed by atoms with Crippen molar-refractivity contribution in [1.29, 1.82) is 0 Å². The number of rotatable bonds is 1. The Morgan fingerprint density at radius 2 is 2.17 bits per heavy atom. The van der Waals surface area contributed by atoms with E-state index >= 15 is 0 Å². The highest BCUT2D eigenvalue weighted by atomic mass is 16.5. The second-order valence-electron chi connectivity index (χ2n) is 3.20. The number of methoxy groups -OCH3 is 1. The second-order valence-corrected chi connectivity index (χ2v) is 3.20. The first-order valence-electron chi connectivity index (χ1n) is 4.19. The minimum atomic E-state index is 0.0613. The summed E-state index contributed by atoms with van der Waals surface area (Å²) in [7, 11) is 1.72. The van der Waals surface area contributed by atoms with Gasteiger partial charge < -0.3 is 10.5 Å². The second kappa shape index (κ2) is 2.88. The molecule has 0 saturated heterocycles. The van der Waals surface area contributed by atoms with Gasteiger partial charge in [0.25, 0.3) is 0 Å². The van der Waals surface area contributed by atoms with E-state index in [4.69, 9.17) is 10.5 Å². The van der Waals surface area contributed by atoms with Crippen LogP contribution in [-0.4, -0.2) is 13.2 Å². The fourth-order valence-electron chi connectivity index (χ4n) is 1.82. The Balaban J connectivity index is 2.35. The van der Waals surface area contributed by atoms with Crippen LogP contribution in [0.5, 0.6) is 0 Å². The van der Waals surface area contributed by atoms with Crippen molar-refractivity contribution in [3.63, 3.8) is 0 Å². The first-order chi connectivity index (χ1) is 5.83. The summed E-state index contributed by atoms with van der Waals surface area (Å²) in [5.74, 6) is 0. The summed E-state index contributed by atoms with van der Waals surface area (Å²) in [6.07, 6.45) is 1.12. The molecule has 1 aromatic rings. The van der Waals surface area contributed by atoms with Gasteiger partial charge in [0.05, 0.1) is 12.1 Å². The first kappa shape index (κ1) is 7.77. The van der Waals surface area contributed by atoms with Gasteiger partial charge >= 0.3 is 0 Å². The van der Waals surface area contributed by atoms with Crippen molar-refractivity contribution in [2.45, 2.75) is 18.6 Å². The smallest absolute Gasteiger partial charge is 0.0804 e. The Bertz CT molecular complexity index is 285. The molecule has 1 aliphatic rings. The van der Waals surface area contributed by atoms with Crippen LogP contribution in [0.1, 0.15) is 17.2 Å². The van der Waals surface area contributed by atoms with Gasteiger partial charge in [0.2, 0.25) is 0 Å². The predicted molar refractivity (Wildman–Crippen MR) is 47.9 cm³/mol. The Morgan fingerprint density at radius 1 is 1.42 bits per heavy atom. The zero-order chi connectivity index (χ0) is 8.55. The monoisotopic (exact) mass is 163 g/mol. The fourth-order valence-corrected chi connectivity index (χ4v) is 1.82. The molecule has 2 heteroatoms. The SMILES string of the molecule is CO[C@H]1Cc2ccccc2[C@@H]1N. The van der Waals surface area contributed by atoms with Crippen molar-refractivity contribution in [2.24, 2.45) is 5.73 Å². The lowest BCUT2D eigenvalue weighted by Crippen LogP contribution is -2.23. The molecule has 0 radical (unpaired) electrons. The van der Waals surface area contributed by atoms with E-state index in [0.717, 1.165) is 6.42 Å². The summed E-state index contributed by atoms with van der Waals surface area (Å²) in [5, 5.41) is 0. The maximum atomic E-state index is 5.98. The summed E-state index contributed by atoms with van der Waals surface area (Å²) >= 11 is 0. The number of benzene rings is 1. The highest BCUT2D eigenvalue weighted by molar-refractivity contribution is 5.36. The van der Waals surface area contributed by atoms with E-state index in [9.17, 15) is 0 Å². The summed E-state index contributed by atoms with van der Waals surface area (Å²) in [4.78, 5) is 0. The number of fused-ring (bicyclic) bond motifs is 1. The van der Waals surface area contributed by atoms with Crippen LogP contribution < -0.4 is 5.73 Å². The standard InChI is InChI=1S/C10H13NO/c1-12-9-6-7-4-2-3-5-8(7)10(9)11/h2-5,9-10H,6,11H2,1H3/t9-,10-/m0/s1. The Morgan fingerprint density at radius 3 is 2.83 bits per heavy atom. The van der Waals surface area contributed by atoms with Crippen LogP contribution in [0, 0.1) is 0 Å². The minimum absolute atomic E-state index is 0.0613. The van der Waals surface area contributed by atoms with Crippen LogP contribution in [0.3, 0.4) is 0 Å². The van der Waals surface area contributed by atoms with Gasteiger partial charge in [-0.2, -0.15) is 0 Å². The molecule has 0 heterocycles. The van der Waals surface area contributed by atoms with Crippen LogP contribution in [0.15, 0.2) is 24.3 Å². The zero-order valence-electron chi connectivity index (χ0n) is 7.16. The van der Waals surface area contributed by atoms with Gasteiger partial charge in [0, 0.05) is 13.5 Å². The highest BCUT2D eigenvalue weighted by Gasteiger charge is 2.28. The lowest BCUT2D eigenvalue weighted by molar-refractivity contribution is 0.0907. The Labute approximate surface area is 72.3 Å². The molecule has 0 aliphatic heterocycles. The van der Waals surface area contributed by atoms with Crippen molar-refractivity contribution in [2.75, 3.05) is 7.11 Å². The van der Waals surface area contributed by atoms with Gasteiger partial charge in [0.1, 0.15) is 0 Å². The van der Waals surface area contributed by atoms with Crippen molar-refractivity contribution in [3.8, 4) is 0 Å².